The standard InChI is InChI=1S/C26H27IN2O5S/c1-16-8-6-7-11-20(16)29-25(32)22(35-26(29)28-18-9-4-3-5-10-18)14-17-12-19(27)24(21(13-17)33-2)34-15-23(30)31/h3-5,9-10,12-14,16,20H,6-8,11,15H2,1-2H3,(H,30,31)/b22-14-,28-26?/t16-,20+/m1/s1. The number of carbonyl (C=O) groups excluding carboxylic acids is 1. The second-order valence-corrected chi connectivity index (χ2v) is 10.7. The maximum absolute atomic E-state index is 13.7. The Kier molecular flexibility index (Phi) is 8.38. The van der Waals surface area contributed by atoms with Gasteiger partial charge in [-0.15, -0.1) is 0 Å². The van der Waals surface area contributed by atoms with Crippen molar-refractivity contribution < 1.29 is 24.2 Å². The zero-order chi connectivity index (χ0) is 24.9. The van der Waals surface area contributed by atoms with Crippen LogP contribution in [0, 0.1) is 9.49 Å². The van der Waals surface area contributed by atoms with E-state index in [-0.39, 0.29) is 11.9 Å². The molecule has 2 atom stereocenters. The largest absolute Gasteiger partial charge is 0.493 e. The molecule has 2 aromatic carbocycles. The van der Waals surface area contributed by atoms with E-state index in [2.05, 4.69) is 29.5 Å². The number of hydrogen-bond acceptors (Lipinski definition) is 6. The minimum Gasteiger partial charge on any atom is -0.493 e. The fourth-order valence-electron chi connectivity index (χ4n) is 4.40. The van der Waals surface area contributed by atoms with Crippen LogP contribution in [0.25, 0.3) is 6.08 Å². The number of rotatable bonds is 7. The van der Waals surface area contributed by atoms with Crippen LogP contribution in [0.5, 0.6) is 11.5 Å². The van der Waals surface area contributed by atoms with Gasteiger partial charge in [0.2, 0.25) is 0 Å². The molecule has 4 rings (SSSR count). The van der Waals surface area contributed by atoms with E-state index in [4.69, 9.17) is 19.6 Å². The first-order chi connectivity index (χ1) is 16.9. The molecule has 2 fully saturated rings. The molecule has 0 bridgehead atoms. The van der Waals surface area contributed by atoms with Gasteiger partial charge in [-0.2, -0.15) is 0 Å². The number of carbonyl (C=O) groups is 2. The lowest BCUT2D eigenvalue weighted by Gasteiger charge is -2.35. The Bertz CT molecular complexity index is 1170. The Morgan fingerprint density at radius 1 is 1.26 bits per heavy atom. The van der Waals surface area contributed by atoms with Gasteiger partial charge in [-0.25, -0.2) is 9.79 Å². The molecule has 0 radical (unpaired) electrons. The normalized spacial score (nSPS) is 22.6. The second-order valence-electron chi connectivity index (χ2n) is 8.56. The maximum atomic E-state index is 13.7. The zero-order valence-electron chi connectivity index (χ0n) is 19.6. The van der Waals surface area contributed by atoms with Crippen LogP contribution in [0.2, 0.25) is 0 Å². The summed E-state index contributed by atoms with van der Waals surface area (Å²) in [6.07, 6.45) is 6.20. The number of carboxylic acid groups (broad SMARTS) is 1. The van der Waals surface area contributed by atoms with Crippen LogP contribution in [0.1, 0.15) is 38.2 Å². The summed E-state index contributed by atoms with van der Waals surface area (Å²) in [6.45, 7) is 1.75. The Labute approximate surface area is 222 Å². The predicted octanol–water partition coefficient (Wildman–Crippen LogP) is 5.95. The number of carboxylic acids is 1. The molecule has 0 unspecified atom stereocenters. The lowest BCUT2D eigenvalue weighted by molar-refractivity contribution is -0.139. The number of amidine groups is 1. The van der Waals surface area contributed by atoms with Crippen molar-refractivity contribution in [2.75, 3.05) is 13.7 Å². The number of methoxy groups -OCH3 is 1. The first-order valence-electron chi connectivity index (χ1n) is 11.5. The van der Waals surface area contributed by atoms with Crippen LogP contribution in [-0.2, 0) is 9.59 Å². The number of thioether (sulfide) groups is 1. The van der Waals surface area contributed by atoms with Gasteiger partial charge in [0.1, 0.15) is 0 Å². The number of para-hydroxylation sites is 1. The van der Waals surface area contributed by atoms with E-state index >= 15 is 0 Å². The predicted molar refractivity (Wildman–Crippen MR) is 146 cm³/mol. The van der Waals surface area contributed by atoms with Crippen LogP contribution in [0.4, 0.5) is 5.69 Å². The van der Waals surface area contributed by atoms with Gasteiger partial charge in [-0.05, 0) is 89.0 Å². The third kappa shape index (κ3) is 6.00. The summed E-state index contributed by atoms with van der Waals surface area (Å²) in [6, 6.07) is 13.4. The molecule has 1 N–H and O–H groups in total. The quantitative estimate of drug-likeness (QED) is 0.310. The van der Waals surface area contributed by atoms with Gasteiger partial charge in [0.05, 0.1) is 21.3 Å². The lowest BCUT2D eigenvalue weighted by Crippen LogP contribution is -2.44. The van der Waals surface area contributed by atoms with Crippen molar-refractivity contribution in [3.8, 4) is 11.5 Å². The molecule has 1 aliphatic heterocycles. The summed E-state index contributed by atoms with van der Waals surface area (Å²) in [4.78, 5) is 31.9. The molecule has 35 heavy (non-hydrogen) atoms. The van der Waals surface area contributed by atoms with Crippen LogP contribution in [-0.4, -0.2) is 46.8 Å². The number of halogens is 1. The van der Waals surface area contributed by atoms with Crippen LogP contribution >= 0.6 is 34.4 Å². The molecule has 0 spiro atoms. The van der Waals surface area contributed by atoms with E-state index in [9.17, 15) is 9.59 Å². The van der Waals surface area contributed by atoms with E-state index in [1.165, 1.54) is 25.3 Å². The van der Waals surface area contributed by atoms with Crippen molar-refractivity contribution in [3.05, 3.63) is 56.5 Å². The lowest BCUT2D eigenvalue weighted by atomic mass is 9.85. The summed E-state index contributed by atoms with van der Waals surface area (Å²) >= 11 is 3.47. The molecular formula is C26H27IN2O5S. The number of ether oxygens (including phenoxy) is 2. The van der Waals surface area contributed by atoms with Gasteiger partial charge in [0, 0.05) is 6.04 Å². The Balaban J connectivity index is 1.70. The molecular weight excluding hydrogens is 579 g/mol. The highest BCUT2D eigenvalue weighted by Crippen LogP contribution is 2.41. The van der Waals surface area contributed by atoms with Gasteiger partial charge in [0.25, 0.3) is 5.91 Å². The van der Waals surface area contributed by atoms with Crippen molar-refractivity contribution in [3.63, 3.8) is 0 Å². The third-order valence-corrected chi connectivity index (χ3v) is 7.89. The number of benzene rings is 2. The number of nitrogens with zero attached hydrogens (tertiary/aromatic N) is 2. The number of amides is 1. The molecule has 9 heteroatoms. The summed E-state index contributed by atoms with van der Waals surface area (Å²) in [7, 11) is 1.50. The molecule has 184 valence electrons. The molecule has 1 heterocycles. The molecule has 0 aromatic heterocycles. The van der Waals surface area contributed by atoms with Crippen molar-refractivity contribution in [1.29, 1.82) is 0 Å². The van der Waals surface area contributed by atoms with Gasteiger partial charge in [-0.3, -0.25) is 9.69 Å². The smallest absolute Gasteiger partial charge is 0.341 e. The van der Waals surface area contributed by atoms with Gasteiger partial charge >= 0.3 is 5.97 Å². The molecule has 1 amide bonds. The van der Waals surface area contributed by atoms with Gasteiger partial charge in [0.15, 0.2) is 23.3 Å². The Morgan fingerprint density at radius 2 is 2.00 bits per heavy atom. The van der Waals surface area contributed by atoms with Crippen LogP contribution in [0.15, 0.2) is 52.4 Å². The second kappa shape index (κ2) is 11.5. The van der Waals surface area contributed by atoms with Crippen molar-refractivity contribution in [1.82, 2.24) is 4.90 Å². The Hall–Kier alpha value is -2.53. The van der Waals surface area contributed by atoms with E-state index in [0.717, 1.165) is 30.5 Å². The number of aliphatic carboxylic acids is 1. The third-order valence-electron chi connectivity index (χ3n) is 6.11. The topological polar surface area (TPSA) is 88.4 Å². The Morgan fingerprint density at radius 3 is 2.69 bits per heavy atom. The van der Waals surface area contributed by atoms with E-state index < -0.39 is 12.6 Å². The van der Waals surface area contributed by atoms with E-state index in [0.29, 0.717) is 31.1 Å². The summed E-state index contributed by atoms with van der Waals surface area (Å²) < 4.78 is 11.5. The fourth-order valence-corrected chi connectivity index (χ4v) is 6.22. The average molecular weight is 606 g/mol. The zero-order valence-corrected chi connectivity index (χ0v) is 22.5. The molecule has 1 saturated heterocycles. The number of aliphatic imine (C=N–C) groups is 1. The van der Waals surface area contributed by atoms with Crippen molar-refractivity contribution >= 4 is 63.2 Å². The minimum atomic E-state index is -1.07. The fraction of sp³-hybridized carbons (Fsp3) is 0.346. The van der Waals surface area contributed by atoms with Crippen molar-refractivity contribution in [2.24, 2.45) is 10.9 Å². The van der Waals surface area contributed by atoms with E-state index in [1.54, 1.807) is 6.07 Å². The molecule has 2 aromatic rings. The number of hydrogen-bond donors (Lipinski definition) is 1. The SMILES string of the molecule is COc1cc(/C=C2\SC(=Nc3ccccc3)N([C@H]3CCCC[C@H]3C)C2=O)cc(I)c1OCC(=O)O. The first-order valence-corrected chi connectivity index (χ1v) is 13.4. The van der Waals surface area contributed by atoms with Crippen LogP contribution < -0.4 is 9.47 Å². The molecule has 1 aliphatic carbocycles. The monoisotopic (exact) mass is 606 g/mol. The highest BCUT2D eigenvalue weighted by molar-refractivity contribution is 14.1. The molecule has 1 saturated carbocycles. The van der Waals surface area contributed by atoms with Crippen molar-refractivity contribution in [2.45, 2.75) is 38.6 Å². The summed E-state index contributed by atoms with van der Waals surface area (Å²) in [5.41, 5.74) is 1.58. The van der Waals surface area contributed by atoms with Gasteiger partial charge in [-0.1, -0.05) is 38.0 Å². The van der Waals surface area contributed by atoms with Gasteiger partial charge < -0.3 is 14.6 Å². The average Bonchev–Trinajstić information content (AvgIpc) is 3.13. The first kappa shape index (κ1) is 25.6. The minimum absolute atomic E-state index is 0.0383. The summed E-state index contributed by atoms with van der Waals surface area (Å²) in [5, 5.41) is 9.65. The van der Waals surface area contributed by atoms with E-state index in [1.807, 2.05) is 47.4 Å². The molecule has 7 nitrogen and oxygen atoms in total. The molecule has 2 aliphatic rings. The van der Waals surface area contributed by atoms with Crippen LogP contribution in [0.3, 0.4) is 0 Å². The summed E-state index contributed by atoms with van der Waals surface area (Å²) in [5.74, 6) is 0.0802. The highest BCUT2D eigenvalue weighted by atomic mass is 127. The highest BCUT2D eigenvalue weighted by Gasteiger charge is 2.41. The maximum Gasteiger partial charge on any atom is 0.341 e.